The van der Waals surface area contributed by atoms with E-state index in [0.29, 0.717) is 6.61 Å². The molecule has 0 rings (SSSR count). The number of ether oxygens (including phenoxy) is 1. The third kappa shape index (κ3) is 8.08. The van der Waals surface area contributed by atoms with E-state index >= 15 is 0 Å². The van der Waals surface area contributed by atoms with Crippen LogP contribution < -0.4 is 0 Å². The van der Waals surface area contributed by atoms with Crippen molar-refractivity contribution >= 4 is 15.9 Å². The summed E-state index contributed by atoms with van der Waals surface area (Å²) in [4.78, 5) is 0. The van der Waals surface area contributed by atoms with E-state index in [0.717, 1.165) is 5.33 Å². The van der Waals surface area contributed by atoms with Crippen molar-refractivity contribution in [3.05, 3.63) is 0 Å². The first-order valence-electron chi connectivity index (χ1n) is 4.87. The van der Waals surface area contributed by atoms with Crippen LogP contribution in [0.2, 0.25) is 0 Å². The van der Waals surface area contributed by atoms with Gasteiger partial charge in [0, 0.05) is 5.33 Å². The molecule has 0 spiro atoms. The van der Waals surface area contributed by atoms with Crippen LogP contribution in [0.15, 0.2) is 0 Å². The fourth-order valence-electron chi connectivity index (χ4n) is 0.939. The molecule has 0 fully saturated rings. The number of halogens is 4. The Bertz CT molecular complexity index is 174. The molecule has 0 bridgehead atoms. The van der Waals surface area contributed by atoms with Crippen LogP contribution in [0.3, 0.4) is 0 Å². The number of hydrogen-bond donors (Lipinski definition) is 0. The van der Waals surface area contributed by atoms with E-state index in [1.165, 1.54) is 0 Å². The molecule has 0 aliphatic carbocycles. The minimum Gasteiger partial charge on any atom is -0.381 e. The van der Waals surface area contributed by atoms with Crippen LogP contribution >= 0.6 is 15.9 Å². The van der Waals surface area contributed by atoms with Gasteiger partial charge >= 0.3 is 6.18 Å². The summed E-state index contributed by atoms with van der Waals surface area (Å²) < 4.78 is 40.5. The van der Waals surface area contributed by atoms with Crippen LogP contribution in [0.25, 0.3) is 0 Å². The highest BCUT2D eigenvalue weighted by molar-refractivity contribution is 9.09. The summed E-state index contributed by atoms with van der Waals surface area (Å²) in [5, 5.41) is 0.739. The van der Waals surface area contributed by atoms with E-state index in [4.69, 9.17) is 4.74 Å². The molecule has 15 heavy (non-hydrogen) atoms. The SMILES string of the molecule is CC(C)(C)C(CBr)COCCC(F)(F)F. The lowest BCUT2D eigenvalue weighted by molar-refractivity contribution is -0.146. The molecule has 0 aromatic carbocycles. The molecule has 1 unspecified atom stereocenters. The van der Waals surface area contributed by atoms with Gasteiger partial charge in [0.1, 0.15) is 0 Å². The highest BCUT2D eigenvalue weighted by Crippen LogP contribution is 2.28. The van der Waals surface area contributed by atoms with Gasteiger partial charge in [-0.3, -0.25) is 0 Å². The topological polar surface area (TPSA) is 9.23 Å². The molecule has 0 aliphatic rings. The van der Waals surface area contributed by atoms with Crippen LogP contribution in [0, 0.1) is 11.3 Å². The zero-order valence-electron chi connectivity index (χ0n) is 9.33. The van der Waals surface area contributed by atoms with Gasteiger partial charge in [0.2, 0.25) is 0 Å². The Labute approximate surface area is 97.5 Å². The lowest BCUT2D eigenvalue weighted by atomic mass is 9.83. The molecular formula is C10H18BrF3O. The molecule has 0 aromatic rings. The zero-order chi connectivity index (χ0) is 12.1. The molecule has 92 valence electrons. The average molecular weight is 291 g/mol. The number of rotatable bonds is 5. The van der Waals surface area contributed by atoms with Crippen LogP contribution in [0.5, 0.6) is 0 Å². The average Bonchev–Trinajstić information content (AvgIpc) is 1.99. The first-order chi connectivity index (χ1) is 6.67. The Morgan fingerprint density at radius 1 is 1.20 bits per heavy atom. The van der Waals surface area contributed by atoms with E-state index in [-0.39, 0.29) is 17.9 Å². The monoisotopic (exact) mass is 290 g/mol. The maximum absolute atomic E-state index is 11.8. The maximum atomic E-state index is 11.8. The first-order valence-corrected chi connectivity index (χ1v) is 5.99. The van der Waals surface area contributed by atoms with E-state index < -0.39 is 12.6 Å². The Balaban J connectivity index is 3.75. The second-order valence-corrected chi connectivity index (χ2v) is 5.30. The largest absolute Gasteiger partial charge is 0.391 e. The molecule has 5 heteroatoms. The minimum absolute atomic E-state index is 0.0434. The molecule has 0 heterocycles. The molecule has 0 amide bonds. The molecule has 0 saturated heterocycles. The molecule has 0 saturated carbocycles. The third-order valence-corrected chi connectivity index (χ3v) is 3.04. The standard InChI is InChI=1S/C10H18BrF3O/c1-9(2,3)8(6-11)7-15-5-4-10(12,13)14/h8H,4-7H2,1-3H3. The van der Waals surface area contributed by atoms with Gasteiger partial charge in [-0.1, -0.05) is 36.7 Å². The second-order valence-electron chi connectivity index (χ2n) is 4.66. The van der Waals surface area contributed by atoms with Crippen LogP contribution in [-0.2, 0) is 4.74 Å². The van der Waals surface area contributed by atoms with Crippen molar-refractivity contribution in [2.75, 3.05) is 18.5 Å². The Morgan fingerprint density at radius 2 is 1.73 bits per heavy atom. The predicted octanol–water partition coefficient (Wildman–Crippen LogP) is 4.01. The summed E-state index contributed by atoms with van der Waals surface area (Å²) in [5.41, 5.74) is 0.0434. The van der Waals surface area contributed by atoms with E-state index in [9.17, 15) is 13.2 Å². The first kappa shape index (κ1) is 15.2. The highest BCUT2D eigenvalue weighted by Gasteiger charge is 2.28. The Hall–Kier alpha value is 0.230. The summed E-state index contributed by atoms with van der Waals surface area (Å²) in [6, 6.07) is 0. The molecular weight excluding hydrogens is 273 g/mol. The molecule has 0 radical (unpaired) electrons. The summed E-state index contributed by atoms with van der Waals surface area (Å²) in [6.07, 6.45) is -4.99. The van der Waals surface area contributed by atoms with Gasteiger partial charge in [-0.15, -0.1) is 0 Å². The molecule has 0 aliphatic heterocycles. The lowest BCUT2D eigenvalue weighted by Crippen LogP contribution is -2.27. The van der Waals surface area contributed by atoms with Crippen molar-refractivity contribution in [3.8, 4) is 0 Å². The molecule has 0 aromatic heterocycles. The van der Waals surface area contributed by atoms with Gasteiger partial charge in [0.05, 0.1) is 19.6 Å². The summed E-state index contributed by atoms with van der Waals surface area (Å²) in [7, 11) is 0. The maximum Gasteiger partial charge on any atom is 0.391 e. The van der Waals surface area contributed by atoms with Gasteiger partial charge in [0.25, 0.3) is 0 Å². The van der Waals surface area contributed by atoms with Crippen LogP contribution in [0.1, 0.15) is 27.2 Å². The molecule has 1 atom stereocenters. The molecule has 0 N–H and O–H groups in total. The zero-order valence-corrected chi connectivity index (χ0v) is 10.9. The van der Waals surface area contributed by atoms with Crippen molar-refractivity contribution in [1.29, 1.82) is 0 Å². The van der Waals surface area contributed by atoms with Gasteiger partial charge in [-0.25, -0.2) is 0 Å². The van der Waals surface area contributed by atoms with Gasteiger partial charge in [-0.05, 0) is 11.3 Å². The Kier molecular flexibility index (Phi) is 6.18. The third-order valence-electron chi connectivity index (χ3n) is 2.26. The van der Waals surface area contributed by atoms with Gasteiger partial charge < -0.3 is 4.74 Å². The summed E-state index contributed by atoms with van der Waals surface area (Å²) in [5.74, 6) is 0.228. The summed E-state index contributed by atoms with van der Waals surface area (Å²) >= 11 is 3.34. The van der Waals surface area contributed by atoms with Crippen molar-refractivity contribution < 1.29 is 17.9 Å². The van der Waals surface area contributed by atoms with Crippen molar-refractivity contribution in [2.45, 2.75) is 33.4 Å². The summed E-state index contributed by atoms with van der Waals surface area (Å²) in [6.45, 7) is 6.26. The number of alkyl halides is 4. The predicted molar refractivity (Wildman–Crippen MR) is 58.2 cm³/mol. The van der Waals surface area contributed by atoms with Gasteiger partial charge in [0.15, 0.2) is 0 Å². The van der Waals surface area contributed by atoms with E-state index in [1.807, 2.05) is 20.8 Å². The lowest BCUT2D eigenvalue weighted by Gasteiger charge is -2.28. The second kappa shape index (κ2) is 6.09. The van der Waals surface area contributed by atoms with Crippen LogP contribution in [0.4, 0.5) is 13.2 Å². The van der Waals surface area contributed by atoms with E-state index in [1.54, 1.807) is 0 Å². The smallest absolute Gasteiger partial charge is 0.381 e. The van der Waals surface area contributed by atoms with Crippen molar-refractivity contribution in [1.82, 2.24) is 0 Å². The van der Waals surface area contributed by atoms with Crippen LogP contribution in [-0.4, -0.2) is 24.7 Å². The fourth-order valence-corrected chi connectivity index (χ4v) is 2.10. The van der Waals surface area contributed by atoms with Crippen molar-refractivity contribution in [3.63, 3.8) is 0 Å². The fraction of sp³-hybridized carbons (Fsp3) is 1.00. The number of hydrogen-bond acceptors (Lipinski definition) is 1. The van der Waals surface area contributed by atoms with E-state index in [2.05, 4.69) is 15.9 Å². The normalized spacial score (nSPS) is 15.4. The van der Waals surface area contributed by atoms with Crippen molar-refractivity contribution in [2.24, 2.45) is 11.3 Å². The quantitative estimate of drug-likeness (QED) is 0.549. The molecule has 1 nitrogen and oxygen atoms in total. The minimum atomic E-state index is -4.12. The van der Waals surface area contributed by atoms with Gasteiger partial charge in [-0.2, -0.15) is 13.2 Å². The Morgan fingerprint density at radius 3 is 2.07 bits per heavy atom. The highest BCUT2D eigenvalue weighted by atomic mass is 79.9.